The topological polar surface area (TPSA) is 48.8 Å². The second-order valence-electron chi connectivity index (χ2n) is 5.45. The van der Waals surface area contributed by atoms with Crippen LogP contribution in [0, 0.1) is 0 Å². The molecule has 2 aliphatic rings. The molecule has 21 heavy (non-hydrogen) atoms. The van der Waals surface area contributed by atoms with Crippen LogP contribution in [0.1, 0.15) is 37.7 Å². The maximum absolute atomic E-state index is 5.86. The van der Waals surface area contributed by atoms with Crippen LogP contribution in [-0.2, 0) is 0 Å². The summed E-state index contributed by atoms with van der Waals surface area (Å²) in [5.41, 5.74) is 3.92. The van der Waals surface area contributed by atoms with Crippen molar-refractivity contribution >= 4 is 41.0 Å². The third-order valence-corrected chi connectivity index (χ3v) is 4.42. The Balaban J connectivity index is 1.69. The molecule has 2 N–H and O–H groups in total. The Morgan fingerprint density at radius 2 is 1.95 bits per heavy atom. The van der Waals surface area contributed by atoms with Gasteiger partial charge in [0.25, 0.3) is 0 Å². The maximum atomic E-state index is 5.86. The number of amidine groups is 1. The van der Waals surface area contributed by atoms with Crippen molar-refractivity contribution in [3.63, 3.8) is 0 Å². The quantitative estimate of drug-likeness (QED) is 0.499. The molecule has 6 heteroatoms. The molecule has 1 aromatic rings. The minimum Gasteiger partial charge on any atom is -0.348 e. The number of hydrazone groups is 1. The van der Waals surface area contributed by atoms with Gasteiger partial charge >= 0.3 is 0 Å². The lowest BCUT2D eigenvalue weighted by molar-refractivity contribution is 0.352. The summed E-state index contributed by atoms with van der Waals surface area (Å²) in [6.45, 7) is 0. The minimum atomic E-state index is -0.132. The molecule has 3 rings (SSSR count). The number of hydrogen-bond acceptors (Lipinski definition) is 3. The van der Waals surface area contributed by atoms with E-state index in [-0.39, 0.29) is 5.54 Å². The Morgan fingerprint density at radius 1 is 1.24 bits per heavy atom. The molecule has 110 valence electrons. The van der Waals surface area contributed by atoms with Crippen LogP contribution in [0.25, 0.3) is 0 Å². The van der Waals surface area contributed by atoms with Crippen LogP contribution >= 0.6 is 23.8 Å². The van der Waals surface area contributed by atoms with Crippen molar-refractivity contribution in [2.45, 2.75) is 37.6 Å². The van der Waals surface area contributed by atoms with Crippen molar-refractivity contribution < 1.29 is 0 Å². The van der Waals surface area contributed by atoms with Gasteiger partial charge in [0.05, 0.1) is 11.8 Å². The lowest BCUT2D eigenvalue weighted by Crippen LogP contribution is -2.53. The standard InChI is InChI=1S/C15H17ClN4S/c16-12-6-4-11(5-7-12)10-17-20-13-15(19-14(21)18-13)8-2-1-3-9-15/h4-7,10H,1-3,8-9H2,(H2,18,19,20,21)/b17-10+. The highest BCUT2D eigenvalue weighted by Crippen LogP contribution is 2.31. The van der Waals surface area contributed by atoms with E-state index in [2.05, 4.69) is 20.8 Å². The van der Waals surface area contributed by atoms with Crippen molar-refractivity contribution in [3.8, 4) is 0 Å². The zero-order valence-electron chi connectivity index (χ0n) is 11.6. The summed E-state index contributed by atoms with van der Waals surface area (Å²) in [7, 11) is 0. The molecule has 0 atom stereocenters. The van der Waals surface area contributed by atoms with Crippen LogP contribution in [0.5, 0.6) is 0 Å². The van der Waals surface area contributed by atoms with Crippen molar-refractivity contribution in [1.29, 1.82) is 0 Å². The van der Waals surface area contributed by atoms with Crippen LogP contribution in [-0.4, -0.2) is 22.7 Å². The fraction of sp³-hybridized carbons (Fsp3) is 0.400. The van der Waals surface area contributed by atoms with Crippen LogP contribution < -0.4 is 10.7 Å². The van der Waals surface area contributed by atoms with Gasteiger partial charge in [-0.1, -0.05) is 43.0 Å². The van der Waals surface area contributed by atoms with E-state index in [1.165, 1.54) is 19.3 Å². The third-order valence-electron chi connectivity index (χ3n) is 3.97. The van der Waals surface area contributed by atoms with E-state index in [0.717, 1.165) is 29.3 Å². The van der Waals surface area contributed by atoms with Gasteiger partial charge < -0.3 is 5.32 Å². The first-order valence-corrected chi connectivity index (χ1v) is 7.93. The van der Waals surface area contributed by atoms with Crippen LogP contribution in [0.4, 0.5) is 0 Å². The predicted molar refractivity (Wildman–Crippen MR) is 91.2 cm³/mol. The predicted octanol–water partition coefficient (Wildman–Crippen LogP) is 3.25. The lowest BCUT2D eigenvalue weighted by atomic mass is 9.81. The molecule has 1 aromatic carbocycles. The molecule has 0 amide bonds. The fourth-order valence-corrected chi connectivity index (χ4v) is 3.28. The Morgan fingerprint density at radius 3 is 2.67 bits per heavy atom. The molecule has 4 nitrogen and oxygen atoms in total. The van der Waals surface area contributed by atoms with Crippen molar-refractivity contribution in [1.82, 2.24) is 10.7 Å². The van der Waals surface area contributed by atoms with Crippen LogP contribution in [0.3, 0.4) is 0 Å². The number of nitrogens with zero attached hydrogens (tertiary/aromatic N) is 2. The van der Waals surface area contributed by atoms with E-state index in [0.29, 0.717) is 5.11 Å². The second kappa shape index (κ2) is 6.12. The average Bonchev–Trinajstić information content (AvgIpc) is 2.77. The molecule has 1 aliphatic heterocycles. The summed E-state index contributed by atoms with van der Waals surface area (Å²) in [5, 5.41) is 8.91. The molecule has 1 fully saturated rings. The smallest absolute Gasteiger partial charge is 0.195 e. The summed E-state index contributed by atoms with van der Waals surface area (Å²) in [6, 6.07) is 7.52. The van der Waals surface area contributed by atoms with E-state index in [1.807, 2.05) is 24.3 Å². The highest BCUT2D eigenvalue weighted by molar-refractivity contribution is 7.80. The summed E-state index contributed by atoms with van der Waals surface area (Å²) in [6.07, 6.45) is 7.52. The molecular formula is C15H17ClN4S. The van der Waals surface area contributed by atoms with Gasteiger partial charge in [-0.25, -0.2) is 4.99 Å². The number of benzene rings is 1. The Kier molecular flexibility index (Phi) is 4.22. The lowest BCUT2D eigenvalue weighted by Gasteiger charge is -2.34. The van der Waals surface area contributed by atoms with E-state index in [9.17, 15) is 0 Å². The highest BCUT2D eigenvalue weighted by atomic mass is 35.5. The number of thiocarbonyl (C=S) groups is 1. The minimum absolute atomic E-state index is 0.132. The van der Waals surface area contributed by atoms with Gasteiger partial charge in [-0.05, 0) is 42.8 Å². The molecule has 0 radical (unpaired) electrons. The monoisotopic (exact) mass is 320 g/mol. The molecule has 1 heterocycles. The van der Waals surface area contributed by atoms with E-state index >= 15 is 0 Å². The van der Waals surface area contributed by atoms with Gasteiger partial charge in [0.15, 0.2) is 10.9 Å². The summed E-state index contributed by atoms with van der Waals surface area (Å²) >= 11 is 11.1. The molecule has 1 saturated carbocycles. The molecule has 1 aliphatic carbocycles. The number of rotatable bonds is 2. The number of nitrogens with one attached hydrogen (secondary N) is 2. The number of hydrogen-bond donors (Lipinski definition) is 2. The molecule has 0 bridgehead atoms. The maximum Gasteiger partial charge on any atom is 0.195 e. The zero-order chi connectivity index (χ0) is 14.7. The van der Waals surface area contributed by atoms with Crippen molar-refractivity contribution in [3.05, 3.63) is 34.9 Å². The first-order valence-electron chi connectivity index (χ1n) is 7.14. The molecule has 0 saturated heterocycles. The highest BCUT2D eigenvalue weighted by Gasteiger charge is 2.42. The van der Waals surface area contributed by atoms with Crippen LogP contribution in [0.15, 0.2) is 34.4 Å². The molecular weight excluding hydrogens is 304 g/mol. The third kappa shape index (κ3) is 3.24. The van der Waals surface area contributed by atoms with Crippen LogP contribution in [0.2, 0.25) is 5.02 Å². The largest absolute Gasteiger partial charge is 0.348 e. The summed E-state index contributed by atoms with van der Waals surface area (Å²) in [5.74, 6) is 0.845. The first-order chi connectivity index (χ1) is 10.2. The zero-order valence-corrected chi connectivity index (χ0v) is 13.2. The average molecular weight is 321 g/mol. The van der Waals surface area contributed by atoms with E-state index < -0.39 is 0 Å². The molecule has 0 aromatic heterocycles. The molecule has 0 unspecified atom stereocenters. The second-order valence-corrected chi connectivity index (χ2v) is 6.28. The fourth-order valence-electron chi connectivity index (χ4n) is 2.87. The van der Waals surface area contributed by atoms with Gasteiger partial charge in [-0.2, -0.15) is 5.10 Å². The first kappa shape index (κ1) is 14.5. The Labute approximate surface area is 134 Å². The number of aliphatic imine (C=N–C) groups is 1. The summed E-state index contributed by atoms with van der Waals surface area (Å²) in [4.78, 5) is 4.40. The van der Waals surface area contributed by atoms with E-state index in [1.54, 1.807) is 6.21 Å². The van der Waals surface area contributed by atoms with Gasteiger partial charge in [0.1, 0.15) is 0 Å². The van der Waals surface area contributed by atoms with Gasteiger partial charge in [0.2, 0.25) is 0 Å². The summed E-state index contributed by atoms with van der Waals surface area (Å²) < 4.78 is 0. The SMILES string of the molecule is S=C1N=C(N/N=C/c2ccc(Cl)cc2)C2(CCCCC2)N1. The normalized spacial score (nSPS) is 20.6. The van der Waals surface area contributed by atoms with Crippen molar-refractivity contribution in [2.24, 2.45) is 10.1 Å². The van der Waals surface area contributed by atoms with Gasteiger partial charge in [0, 0.05) is 5.02 Å². The van der Waals surface area contributed by atoms with Gasteiger partial charge in [-0.3, -0.25) is 5.43 Å². The van der Waals surface area contributed by atoms with E-state index in [4.69, 9.17) is 23.8 Å². The molecule has 1 spiro atoms. The van der Waals surface area contributed by atoms with Gasteiger partial charge in [-0.15, -0.1) is 0 Å². The Hall–Kier alpha value is -1.46. The Bertz CT molecular complexity index is 588. The van der Waals surface area contributed by atoms with Crippen molar-refractivity contribution in [2.75, 3.05) is 0 Å². The number of halogens is 1.